The van der Waals surface area contributed by atoms with E-state index in [9.17, 15) is 9.59 Å². The molecule has 31 heavy (non-hydrogen) atoms. The molecule has 2 aliphatic rings. The second kappa shape index (κ2) is 8.43. The van der Waals surface area contributed by atoms with Crippen LogP contribution in [-0.2, 0) is 28.9 Å². The van der Waals surface area contributed by atoms with E-state index in [-0.39, 0.29) is 17.7 Å². The van der Waals surface area contributed by atoms with Crippen LogP contribution in [0.4, 0.5) is 5.13 Å². The number of fused-ring (bicyclic) bond motifs is 2. The van der Waals surface area contributed by atoms with Gasteiger partial charge in [0.15, 0.2) is 5.13 Å². The fourth-order valence-electron chi connectivity index (χ4n) is 4.40. The quantitative estimate of drug-likeness (QED) is 0.649. The third-order valence-corrected chi connectivity index (χ3v) is 7.20. The number of carbonyl (C=O) groups is 2. The molecule has 5 rings (SSSR count). The largest absolute Gasteiger partial charge is 0.381 e. The van der Waals surface area contributed by atoms with E-state index in [0.717, 1.165) is 40.7 Å². The lowest BCUT2D eigenvalue weighted by molar-refractivity contribution is -0.122. The Bertz CT molecular complexity index is 1130. The molecule has 1 aromatic carbocycles. The van der Waals surface area contributed by atoms with Crippen molar-refractivity contribution in [2.24, 2.45) is 5.92 Å². The van der Waals surface area contributed by atoms with E-state index in [2.05, 4.69) is 28.3 Å². The minimum Gasteiger partial charge on any atom is -0.381 e. The summed E-state index contributed by atoms with van der Waals surface area (Å²) in [6.45, 7) is 4.54. The molecule has 8 heteroatoms. The van der Waals surface area contributed by atoms with Gasteiger partial charge in [0.05, 0.1) is 12.2 Å². The molecule has 162 valence electrons. The molecule has 0 aliphatic carbocycles. The summed E-state index contributed by atoms with van der Waals surface area (Å²) in [5, 5.41) is 4.72. The first-order valence-electron chi connectivity index (χ1n) is 10.9. The Labute approximate surface area is 184 Å². The zero-order chi connectivity index (χ0) is 21.4. The smallest absolute Gasteiger partial charge is 0.270 e. The van der Waals surface area contributed by atoms with Gasteiger partial charge in [-0.2, -0.15) is 0 Å². The lowest BCUT2D eigenvalue weighted by Crippen LogP contribution is -2.35. The van der Waals surface area contributed by atoms with Crippen LogP contribution >= 0.6 is 11.3 Å². The standard InChI is InChI=1S/C23H26N4O3S/c1-2-14-4-3-5-17-16(14)12-19(24-17)22(29)27-9-6-18-20(13-27)31-23(25-18)26-21(28)15-7-10-30-11-8-15/h3-5,12,15,24H,2,6-11,13H2,1H3,(H,25,26,28). The number of amides is 2. The normalized spacial score (nSPS) is 17.0. The van der Waals surface area contributed by atoms with E-state index in [4.69, 9.17) is 4.74 Å². The number of anilines is 1. The summed E-state index contributed by atoms with van der Waals surface area (Å²) in [7, 11) is 0. The van der Waals surface area contributed by atoms with Crippen molar-refractivity contribution >= 4 is 39.2 Å². The Kier molecular flexibility index (Phi) is 5.50. The maximum absolute atomic E-state index is 13.2. The van der Waals surface area contributed by atoms with Crippen LogP contribution in [0.5, 0.6) is 0 Å². The van der Waals surface area contributed by atoms with E-state index in [0.29, 0.717) is 43.5 Å². The van der Waals surface area contributed by atoms with Crippen molar-refractivity contribution in [1.29, 1.82) is 0 Å². The Morgan fingerprint density at radius 2 is 2.16 bits per heavy atom. The number of carbonyl (C=O) groups excluding carboxylic acids is 2. The second-order valence-corrected chi connectivity index (χ2v) is 9.24. The molecule has 0 atom stereocenters. The molecule has 0 spiro atoms. The summed E-state index contributed by atoms with van der Waals surface area (Å²) < 4.78 is 5.34. The fraction of sp³-hybridized carbons (Fsp3) is 0.435. The van der Waals surface area contributed by atoms with Crippen molar-refractivity contribution in [2.45, 2.75) is 39.2 Å². The number of nitrogens with zero attached hydrogens (tertiary/aromatic N) is 2. The Hall–Kier alpha value is -2.71. The van der Waals surface area contributed by atoms with Crippen LogP contribution in [0.15, 0.2) is 24.3 Å². The average Bonchev–Trinajstić information content (AvgIpc) is 3.42. The molecule has 0 bridgehead atoms. The highest BCUT2D eigenvalue weighted by Crippen LogP contribution is 2.30. The minimum absolute atomic E-state index is 0.00472. The summed E-state index contributed by atoms with van der Waals surface area (Å²) in [5.41, 5.74) is 3.84. The van der Waals surface area contributed by atoms with Crippen LogP contribution in [-0.4, -0.2) is 46.4 Å². The molecular weight excluding hydrogens is 412 g/mol. The number of rotatable bonds is 4. The number of aromatic nitrogens is 2. The molecule has 4 heterocycles. The number of hydrogen-bond donors (Lipinski definition) is 2. The lowest BCUT2D eigenvalue weighted by atomic mass is 10.00. The van der Waals surface area contributed by atoms with Gasteiger partial charge in [0, 0.05) is 47.9 Å². The van der Waals surface area contributed by atoms with Crippen molar-refractivity contribution in [3.63, 3.8) is 0 Å². The molecular formula is C23H26N4O3S. The van der Waals surface area contributed by atoms with E-state index < -0.39 is 0 Å². The summed E-state index contributed by atoms with van der Waals surface area (Å²) in [5.74, 6) is 0.0139. The molecule has 3 aromatic rings. The molecule has 2 N–H and O–H groups in total. The predicted molar refractivity (Wildman–Crippen MR) is 120 cm³/mol. The molecule has 2 aromatic heterocycles. The number of H-pyrrole nitrogens is 1. The summed E-state index contributed by atoms with van der Waals surface area (Å²) in [6, 6.07) is 8.10. The molecule has 0 saturated carbocycles. The van der Waals surface area contributed by atoms with Gasteiger partial charge >= 0.3 is 0 Å². The number of hydrogen-bond acceptors (Lipinski definition) is 5. The Morgan fingerprint density at radius 3 is 2.97 bits per heavy atom. The Balaban J connectivity index is 1.29. The SMILES string of the molecule is CCc1cccc2[nH]c(C(=O)N3CCc4nc(NC(=O)C5CCOCC5)sc4C3)cc12. The van der Waals surface area contributed by atoms with Crippen LogP contribution in [0, 0.1) is 5.92 Å². The summed E-state index contributed by atoms with van der Waals surface area (Å²) >= 11 is 1.48. The second-order valence-electron chi connectivity index (χ2n) is 8.16. The first-order valence-corrected chi connectivity index (χ1v) is 11.7. The van der Waals surface area contributed by atoms with Crippen molar-refractivity contribution in [2.75, 3.05) is 25.1 Å². The maximum atomic E-state index is 13.2. The molecule has 1 saturated heterocycles. The molecule has 0 radical (unpaired) electrons. The van der Waals surface area contributed by atoms with Gasteiger partial charge in [-0.05, 0) is 37.0 Å². The highest BCUT2D eigenvalue weighted by molar-refractivity contribution is 7.15. The van der Waals surface area contributed by atoms with E-state index >= 15 is 0 Å². The molecule has 0 unspecified atom stereocenters. The van der Waals surface area contributed by atoms with Crippen molar-refractivity contribution in [3.05, 3.63) is 46.1 Å². The van der Waals surface area contributed by atoms with E-state index in [1.165, 1.54) is 16.9 Å². The molecule has 1 fully saturated rings. The maximum Gasteiger partial charge on any atom is 0.270 e. The van der Waals surface area contributed by atoms with Gasteiger partial charge in [-0.3, -0.25) is 9.59 Å². The van der Waals surface area contributed by atoms with E-state index in [1.807, 2.05) is 23.1 Å². The zero-order valence-corrected chi connectivity index (χ0v) is 18.4. The van der Waals surface area contributed by atoms with Crippen LogP contribution in [0.3, 0.4) is 0 Å². The topological polar surface area (TPSA) is 87.3 Å². The number of benzene rings is 1. The van der Waals surface area contributed by atoms with Gasteiger partial charge < -0.3 is 19.9 Å². The van der Waals surface area contributed by atoms with Gasteiger partial charge in [-0.15, -0.1) is 0 Å². The number of aromatic amines is 1. The minimum atomic E-state index is -0.0113. The number of aryl methyl sites for hydroxylation is 1. The van der Waals surface area contributed by atoms with Crippen LogP contribution in [0.25, 0.3) is 10.9 Å². The van der Waals surface area contributed by atoms with Crippen LogP contribution < -0.4 is 5.32 Å². The predicted octanol–water partition coefficient (Wildman–Crippen LogP) is 3.75. The number of thiazole rings is 1. The number of nitrogens with one attached hydrogen (secondary N) is 2. The molecule has 2 aliphatic heterocycles. The van der Waals surface area contributed by atoms with Gasteiger partial charge in [0.2, 0.25) is 5.91 Å². The third kappa shape index (κ3) is 3.97. The van der Waals surface area contributed by atoms with Crippen LogP contribution in [0.2, 0.25) is 0 Å². The monoisotopic (exact) mass is 438 g/mol. The molecule has 2 amide bonds. The van der Waals surface area contributed by atoms with Crippen LogP contribution in [0.1, 0.15) is 46.4 Å². The molecule has 7 nitrogen and oxygen atoms in total. The fourth-order valence-corrected chi connectivity index (χ4v) is 5.43. The van der Waals surface area contributed by atoms with Gasteiger partial charge in [-0.25, -0.2) is 4.98 Å². The summed E-state index contributed by atoms with van der Waals surface area (Å²) in [6.07, 6.45) is 3.14. The van der Waals surface area contributed by atoms with Gasteiger partial charge in [0.1, 0.15) is 5.69 Å². The van der Waals surface area contributed by atoms with Crippen molar-refractivity contribution in [3.8, 4) is 0 Å². The van der Waals surface area contributed by atoms with Crippen molar-refractivity contribution < 1.29 is 14.3 Å². The Morgan fingerprint density at radius 1 is 1.32 bits per heavy atom. The van der Waals surface area contributed by atoms with E-state index in [1.54, 1.807) is 0 Å². The third-order valence-electron chi connectivity index (χ3n) is 6.21. The lowest BCUT2D eigenvalue weighted by Gasteiger charge is -2.25. The first kappa shape index (κ1) is 20.2. The van der Waals surface area contributed by atoms with Gasteiger partial charge in [0.25, 0.3) is 5.91 Å². The average molecular weight is 439 g/mol. The number of ether oxygens (including phenoxy) is 1. The zero-order valence-electron chi connectivity index (χ0n) is 17.6. The summed E-state index contributed by atoms with van der Waals surface area (Å²) in [4.78, 5) is 36.5. The highest BCUT2D eigenvalue weighted by Gasteiger charge is 2.28. The first-order chi connectivity index (χ1) is 15.1. The van der Waals surface area contributed by atoms with Gasteiger partial charge in [-0.1, -0.05) is 30.4 Å². The van der Waals surface area contributed by atoms with Crippen molar-refractivity contribution in [1.82, 2.24) is 14.9 Å². The highest BCUT2D eigenvalue weighted by atomic mass is 32.1.